The van der Waals surface area contributed by atoms with E-state index in [0.29, 0.717) is 11.7 Å². The highest BCUT2D eigenvalue weighted by Crippen LogP contribution is 2.42. The van der Waals surface area contributed by atoms with E-state index in [0.717, 1.165) is 16.8 Å². The summed E-state index contributed by atoms with van der Waals surface area (Å²) in [5.74, 6) is 1.17. The van der Waals surface area contributed by atoms with Gasteiger partial charge in [0.2, 0.25) is 0 Å². The van der Waals surface area contributed by atoms with Crippen molar-refractivity contribution in [3.05, 3.63) is 87.9 Å². The van der Waals surface area contributed by atoms with Gasteiger partial charge < -0.3 is 4.55 Å². The van der Waals surface area contributed by atoms with E-state index in [2.05, 4.69) is 29.6 Å². The van der Waals surface area contributed by atoms with E-state index >= 15 is 0 Å². The molecule has 4 heteroatoms. The first-order valence-corrected chi connectivity index (χ1v) is 10.5. The lowest BCUT2D eigenvalue weighted by atomic mass is 10.0. The van der Waals surface area contributed by atoms with Crippen LogP contribution >= 0.6 is 11.3 Å². The number of aromatic nitrogens is 1. The van der Waals surface area contributed by atoms with Gasteiger partial charge in [-0.25, -0.2) is 4.98 Å². The summed E-state index contributed by atoms with van der Waals surface area (Å²) < 4.78 is 13.2. The third kappa shape index (κ3) is 3.56. The van der Waals surface area contributed by atoms with Gasteiger partial charge in [-0.15, -0.1) is 11.3 Å². The molecule has 0 N–H and O–H groups in total. The highest BCUT2D eigenvalue weighted by molar-refractivity contribution is 7.91. The lowest BCUT2D eigenvalue weighted by Crippen LogP contribution is -2.17. The Balaban J connectivity index is 1.59. The molecule has 1 aliphatic carbocycles. The van der Waals surface area contributed by atoms with Crippen LogP contribution in [0, 0.1) is 0 Å². The predicted octanol–water partition coefficient (Wildman–Crippen LogP) is 5.06. The number of benzene rings is 2. The van der Waals surface area contributed by atoms with Crippen LogP contribution in [-0.4, -0.2) is 9.54 Å². The largest absolute Gasteiger partial charge is 0.615 e. The van der Waals surface area contributed by atoms with Gasteiger partial charge in [0.05, 0.1) is 5.01 Å². The van der Waals surface area contributed by atoms with E-state index in [-0.39, 0.29) is 5.25 Å². The summed E-state index contributed by atoms with van der Waals surface area (Å²) in [5, 5.41) is 3.19. The van der Waals surface area contributed by atoms with Crippen LogP contribution in [0.4, 0.5) is 0 Å². The van der Waals surface area contributed by atoms with E-state index in [9.17, 15) is 4.55 Å². The first-order chi connectivity index (χ1) is 11.8. The Morgan fingerprint density at radius 1 is 1.00 bits per heavy atom. The van der Waals surface area contributed by atoms with Crippen molar-refractivity contribution in [3.8, 4) is 0 Å². The van der Waals surface area contributed by atoms with Crippen LogP contribution in [0.1, 0.15) is 45.8 Å². The monoisotopic (exact) mass is 353 g/mol. The quantitative estimate of drug-likeness (QED) is 0.581. The molecule has 1 fully saturated rings. The molecular formula is C20H19NOS2. The molecule has 1 aromatic heterocycles. The van der Waals surface area contributed by atoms with Gasteiger partial charge in [0.25, 0.3) is 0 Å². The fourth-order valence-corrected chi connectivity index (χ4v) is 5.51. The molecule has 0 amide bonds. The Labute approximate surface area is 149 Å². The highest BCUT2D eigenvalue weighted by atomic mass is 32.2. The normalized spacial score (nSPS) is 15.6. The van der Waals surface area contributed by atoms with E-state index in [1.165, 1.54) is 17.8 Å². The molecule has 122 valence electrons. The van der Waals surface area contributed by atoms with Crippen molar-refractivity contribution in [2.24, 2.45) is 0 Å². The van der Waals surface area contributed by atoms with E-state index in [4.69, 9.17) is 4.98 Å². The van der Waals surface area contributed by atoms with Crippen molar-refractivity contribution in [3.63, 3.8) is 0 Å². The fraction of sp³-hybridized carbons (Fsp3) is 0.250. The second-order valence-corrected chi connectivity index (χ2v) is 8.59. The Hall–Kier alpha value is -1.62. The molecule has 1 aliphatic rings. The van der Waals surface area contributed by atoms with Crippen LogP contribution in [0.3, 0.4) is 0 Å². The van der Waals surface area contributed by atoms with Gasteiger partial charge in [-0.1, -0.05) is 60.7 Å². The second-order valence-electron chi connectivity index (χ2n) is 6.18. The average Bonchev–Trinajstić information content (AvgIpc) is 3.37. The summed E-state index contributed by atoms with van der Waals surface area (Å²) in [4.78, 5) is 4.71. The molecule has 0 radical (unpaired) electrons. The van der Waals surface area contributed by atoms with Crippen molar-refractivity contribution < 1.29 is 4.55 Å². The number of hydrogen-bond acceptors (Lipinski definition) is 3. The van der Waals surface area contributed by atoms with Crippen molar-refractivity contribution in [2.75, 3.05) is 0 Å². The molecule has 0 spiro atoms. The maximum absolute atomic E-state index is 13.2. The number of rotatable bonds is 6. The number of nitrogens with zero attached hydrogens (tertiary/aromatic N) is 1. The molecule has 2 nitrogen and oxygen atoms in total. The molecule has 4 rings (SSSR count). The van der Waals surface area contributed by atoms with Crippen molar-refractivity contribution in [2.45, 2.75) is 29.8 Å². The van der Waals surface area contributed by atoms with Gasteiger partial charge in [0, 0.05) is 22.4 Å². The van der Waals surface area contributed by atoms with Crippen LogP contribution in [0.25, 0.3) is 0 Å². The molecule has 0 bridgehead atoms. The molecule has 0 saturated heterocycles. The Kier molecular flexibility index (Phi) is 4.69. The maximum atomic E-state index is 13.2. The summed E-state index contributed by atoms with van der Waals surface area (Å²) in [5.41, 5.74) is 3.16. The Morgan fingerprint density at radius 3 is 2.12 bits per heavy atom. The third-order valence-corrected chi connectivity index (χ3v) is 6.96. The smallest absolute Gasteiger partial charge is 0.166 e. The third-order valence-electron chi connectivity index (χ3n) is 4.25. The standard InChI is InChI=1S/C20H19NOS2/c22-24(14-18-13-23-20(21-18)17-11-12-17)19(15-7-3-1-4-8-15)16-9-5-2-6-10-16/h1-10,13,17,19H,11-12,14H2. The van der Waals surface area contributed by atoms with Gasteiger partial charge in [0.1, 0.15) is 11.4 Å². The Morgan fingerprint density at radius 2 is 1.58 bits per heavy atom. The molecule has 24 heavy (non-hydrogen) atoms. The fourth-order valence-electron chi connectivity index (χ4n) is 2.89. The molecule has 1 saturated carbocycles. The zero-order valence-electron chi connectivity index (χ0n) is 13.3. The summed E-state index contributed by atoms with van der Waals surface area (Å²) in [6, 6.07) is 20.3. The van der Waals surface area contributed by atoms with Crippen LogP contribution < -0.4 is 0 Å². The number of thiazole rings is 1. The van der Waals surface area contributed by atoms with Crippen molar-refractivity contribution >= 4 is 22.5 Å². The molecule has 1 unspecified atom stereocenters. The topological polar surface area (TPSA) is 36.0 Å². The zero-order valence-corrected chi connectivity index (χ0v) is 14.9. The lowest BCUT2D eigenvalue weighted by Gasteiger charge is -2.22. The Bertz CT molecular complexity index is 744. The van der Waals surface area contributed by atoms with Gasteiger partial charge in [-0.3, -0.25) is 0 Å². The summed E-state index contributed by atoms with van der Waals surface area (Å²) in [7, 11) is 0. The predicted molar refractivity (Wildman–Crippen MR) is 101 cm³/mol. The van der Waals surface area contributed by atoms with Crippen LogP contribution in [0.2, 0.25) is 0 Å². The molecule has 3 aromatic rings. The first kappa shape index (κ1) is 15.9. The van der Waals surface area contributed by atoms with Crippen LogP contribution in [-0.2, 0) is 16.9 Å². The molecular weight excluding hydrogens is 334 g/mol. The lowest BCUT2D eigenvalue weighted by molar-refractivity contribution is 0.586. The van der Waals surface area contributed by atoms with Gasteiger partial charge in [-0.05, 0) is 24.0 Å². The van der Waals surface area contributed by atoms with Crippen LogP contribution in [0.15, 0.2) is 66.0 Å². The van der Waals surface area contributed by atoms with E-state index in [1.54, 1.807) is 11.3 Å². The minimum absolute atomic E-state index is 0.113. The molecule has 1 atom stereocenters. The van der Waals surface area contributed by atoms with Crippen molar-refractivity contribution in [1.82, 2.24) is 4.98 Å². The average molecular weight is 354 g/mol. The summed E-state index contributed by atoms with van der Waals surface area (Å²) >= 11 is 0.674. The molecule has 2 aromatic carbocycles. The number of hydrogen-bond donors (Lipinski definition) is 0. The summed E-state index contributed by atoms with van der Waals surface area (Å²) in [6.45, 7) is 0. The minimum Gasteiger partial charge on any atom is -0.615 e. The first-order valence-electron chi connectivity index (χ1n) is 8.22. The summed E-state index contributed by atoms with van der Waals surface area (Å²) in [6.07, 6.45) is 2.51. The second kappa shape index (κ2) is 7.09. The zero-order chi connectivity index (χ0) is 16.4. The van der Waals surface area contributed by atoms with Gasteiger partial charge in [0.15, 0.2) is 5.25 Å². The molecule has 1 heterocycles. The molecule has 0 aliphatic heterocycles. The van der Waals surface area contributed by atoms with Gasteiger partial charge in [-0.2, -0.15) is 0 Å². The van der Waals surface area contributed by atoms with E-state index in [1.807, 2.05) is 36.4 Å². The highest BCUT2D eigenvalue weighted by Gasteiger charge is 2.30. The maximum Gasteiger partial charge on any atom is 0.166 e. The van der Waals surface area contributed by atoms with E-state index < -0.39 is 11.2 Å². The minimum atomic E-state index is -1.05. The van der Waals surface area contributed by atoms with Crippen LogP contribution in [0.5, 0.6) is 0 Å². The van der Waals surface area contributed by atoms with Crippen molar-refractivity contribution in [1.29, 1.82) is 0 Å². The SMILES string of the molecule is [O-][S+](Cc1csc(C2CC2)n1)C(c1ccccc1)c1ccccc1. The van der Waals surface area contributed by atoms with Gasteiger partial charge >= 0.3 is 0 Å².